The fourth-order valence-corrected chi connectivity index (χ4v) is 4.27. The molecule has 4 rings (SSSR count). The lowest BCUT2D eigenvalue weighted by molar-refractivity contribution is -0.122. The Bertz CT molecular complexity index is 1030. The second kappa shape index (κ2) is 13.4. The average Bonchev–Trinajstić information content (AvgIpc) is 2.93. The number of morpholine rings is 1. The number of nitrogens with zero attached hydrogens (tertiary/aromatic N) is 2. The molecule has 0 spiro atoms. The topological polar surface area (TPSA) is 73.9 Å². The van der Waals surface area contributed by atoms with Crippen molar-refractivity contribution in [3.05, 3.63) is 96.6 Å². The molecule has 0 radical (unpaired) electrons. The van der Waals surface area contributed by atoms with Gasteiger partial charge in [-0.1, -0.05) is 66.7 Å². The SMILES string of the molecule is O=C(NCCCN1CCOCC1)[C@@H](Cc1ccccc1)NC(=O)N(c1ccccc1)c1ccccc1. The summed E-state index contributed by atoms with van der Waals surface area (Å²) in [7, 11) is 0. The molecule has 7 heteroatoms. The first kappa shape index (κ1) is 25.4. The van der Waals surface area contributed by atoms with Crippen molar-refractivity contribution >= 4 is 23.3 Å². The van der Waals surface area contributed by atoms with Crippen molar-refractivity contribution in [2.75, 3.05) is 44.3 Å². The number of anilines is 2. The van der Waals surface area contributed by atoms with Crippen LogP contribution in [-0.2, 0) is 16.0 Å². The van der Waals surface area contributed by atoms with Crippen LogP contribution in [0.25, 0.3) is 0 Å². The van der Waals surface area contributed by atoms with Gasteiger partial charge in [0.05, 0.1) is 24.6 Å². The minimum Gasteiger partial charge on any atom is -0.379 e. The first-order valence-electron chi connectivity index (χ1n) is 12.5. The van der Waals surface area contributed by atoms with Gasteiger partial charge in [0.25, 0.3) is 0 Å². The Morgan fingerprint density at radius 2 is 1.39 bits per heavy atom. The van der Waals surface area contributed by atoms with Crippen molar-refractivity contribution in [3.63, 3.8) is 0 Å². The molecule has 1 aliphatic rings. The molecule has 3 aromatic carbocycles. The Balaban J connectivity index is 1.45. The van der Waals surface area contributed by atoms with Crippen LogP contribution in [-0.4, -0.2) is 62.3 Å². The van der Waals surface area contributed by atoms with E-state index in [4.69, 9.17) is 4.74 Å². The van der Waals surface area contributed by atoms with Gasteiger partial charge in [0.2, 0.25) is 5.91 Å². The standard InChI is InChI=1S/C29H34N4O3/c34-28(30-17-10-18-32-19-21-36-22-20-32)27(23-24-11-4-1-5-12-24)31-29(35)33(25-13-6-2-7-14-25)26-15-8-3-9-16-26/h1-9,11-16,27H,10,17-23H2,(H,30,34)(H,31,35)/t27-/m1/s1. The van der Waals surface area contributed by atoms with Crippen LogP contribution in [0.5, 0.6) is 0 Å². The lowest BCUT2D eigenvalue weighted by Gasteiger charge is -2.27. The zero-order valence-corrected chi connectivity index (χ0v) is 20.5. The predicted molar refractivity (Wildman–Crippen MR) is 142 cm³/mol. The van der Waals surface area contributed by atoms with Gasteiger partial charge in [-0.3, -0.25) is 14.6 Å². The van der Waals surface area contributed by atoms with Gasteiger partial charge in [-0.2, -0.15) is 0 Å². The quantitative estimate of drug-likeness (QED) is 0.425. The van der Waals surface area contributed by atoms with Crippen molar-refractivity contribution in [3.8, 4) is 0 Å². The number of carbonyl (C=O) groups excluding carboxylic acids is 2. The highest BCUT2D eigenvalue weighted by Gasteiger charge is 2.25. The summed E-state index contributed by atoms with van der Waals surface area (Å²) < 4.78 is 5.40. The van der Waals surface area contributed by atoms with E-state index in [2.05, 4.69) is 15.5 Å². The molecule has 0 bridgehead atoms. The number of hydrogen-bond acceptors (Lipinski definition) is 4. The van der Waals surface area contributed by atoms with Crippen LogP contribution in [0, 0.1) is 0 Å². The van der Waals surface area contributed by atoms with Crippen molar-refractivity contribution in [2.45, 2.75) is 18.9 Å². The van der Waals surface area contributed by atoms with E-state index in [1.165, 1.54) is 0 Å². The fourth-order valence-electron chi connectivity index (χ4n) is 4.27. The lowest BCUT2D eigenvalue weighted by Crippen LogP contribution is -2.51. The highest BCUT2D eigenvalue weighted by atomic mass is 16.5. The minimum atomic E-state index is -0.710. The maximum Gasteiger partial charge on any atom is 0.327 e. The average molecular weight is 487 g/mol. The van der Waals surface area contributed by atoms with Crippen LogP contribution in [0.15, 0.2) is 91.0 Å². The van der Waals surface area contributed by atoms with Crippen LogP contribution < -0.4 is 15.5 Å². The van der Waals surface area contributed by atoms with Gasteiger partial charge in [-0.25, -0.2) is 4.79 Å². The first-order chi connectivity index (χ1) is 17.7. The largest absolute Gasteiger partial charge is 0.379 e. The van der Waals surface area contributed by atoms with Crippen LogP contribution in [0.4, 0.5) is 16.2 Å². The van der Waals surface area contributed by atoms with E-state index in [0.717, 1.165) is 56.2 Å². The third kappa shape index (κ3) is 7.41. The number of ether oxygens (including phenoxy) is 1. The molecule has 7 nitrogen and oxygen atoms in total. The number of hydrogen-bond donors (Lipinski definition) is 2. The van der Waals surface area contributed by atoms with E-state index >= 15 is 0 Å². The zero-order valence-electron chi connectivity index (χ0n) is 20.5. The molecule has 1 saturated heterocycles. The van der Waals surface area contributed by atoms with E-state index in [9.17, 15) is 9.59 Å². The molecule has 1 atom stereocenters. The van der Waals surface area contributed by atoms with Gasteiger partial charge < -0.3 is 15.4 Å². The third-order valence-electron chi connectivity index (χ3n) is 6.18. The third-order valence-corrected chi connectivity index (χ3v) is 6.18. The molecule has 3 aromatic rings. The Morgan fingerprint density at radius 3 is 1.97 bits per heavy atom. The molecular weight excluding hydrogens is 452 g/mol. The molecule has 2 N–H and O–H groups in total. The Kier molecular flexibility index (Phi) is 9.47. The van der Waals surface area contributed by atoms with Crippen LogP contribution in [0.3, 0.4) is 0 Å². The van der Waals surface area contributed by atoms with Crippen molar-refractivity contribution in [2.24, 2.45) is 0 Å². The maximum absolute atomic E-state index is 13.6. The van der Waals surface area contributed by atoms with Gasteiger partial charge in [0, 0.05) is 26.1 Å². The second-order valence-electron chi connectivity index (χ2n) is 8.80. The van der Waals surface area contributed by atoms with E-state index in [1.807, 2.05) is 91.0 Å². The highest BCUT2D eigenvalue weighted by molar-refractivity contribution is 6.01. The van der Waals surface area contributed by atoms with Gasteiger partial charge in [-0.15, -0.1) is 0 Å². The number of benzene rings is 3. The number of para-hydroxylation sites is 2. The zero-order chi connectivity index (χ0) is 25.0. The van der Waals surface area contributed by atoms with E-state index in [-0.39, 0.29) is 11.9 Å². The van der Waals surface area contributed by atoms with Gasteiger partial charge in [-0.05, 0) is 42.8 Å². The normalized spacial score (nSPS) is 14.6. The molecule has 36 heavy (non-hydrogen) atoms. The molecule has 0 aromatic heterocycles. The maximum atomic E-state index is 13.6. The van der Waals surface area contributed by atoms with Crippen LogP contribution in [0.1, 0.15) is 12.0 Å². The molecule has 0 aliphatic carbocycles. The Morgan fingerprint density at radius 1 is 0.833 bits per heavy atom. The molecular formula is C29H34N4O3. The van der Waals surface area contributed by atoms with Gasteiger partial charge in [0.15, 0.2) is 0 Å². The fraction of sp³-hybridized carbons (Fsp3) is 0.310. The van der Waals surface area contributed by atoms with Crippen molar-refractivity contribution in [1.82, 2.24) is 15.5 Å². The van der Waals surface area contributed by atoms with E-state index in [1.54, 1.807) is 4.90 Å². The summed E-state index contributed by atoms with van der Waals surface area (Å²) in [6.45, 7) is 4.84. The summed E-state index contributed by atoms with van der Waals surface area (Å²) in [6.07, 6.45) is 1.25. The molecule has 3 amide bonds. The number of carbonyl (C=O) groups is 2. The molecule has 1 aliphatic heterocycles. The second-order valence-corrected chi connectivity index (χ2v) is 8.80. The number of nitrogens with one attached hydrogen (secondary N) is 2. The van der Waals surface area contributed by atoms with Crippen molar-refractivity contribution < 1.29 is 14.3 Å². The van der Waals surface area contributed by atoms with Crippen molar-refractivity contribution in [1.29, 1.82) is 0 Å². The minimum absolute atomic E-state index is 0.185. The number of urea groups is 1. The summed E-state index contributed by atoms with van der Waals surface area (Å²) in [4.78, 5) is 30.8. The van der Waals surface area contributed by atoms with Gasteiger partial charge in [0.1, 0.15) is 6.04 Å². The summed E-state index contributed by atoms with van der Waals surface area (Å²) in [5.74, 6) is -0.185. The summed E-state index contributed by atoms with van der Waals surface area (Å²) in [6, 6.07) is 27.6. The predicted octanol–water partition coefficient (Wildman–Crippen LogP) is 3.98. The molecule has 0 saturated carbocycles. The summed E-state index contributed by atoms with van der Waals surface area (Å²) in [5.41, 5.74) is 2.44. The van der Waals surface area contributed by atoms with E-state index in [0.29, 0.717) is 13.0 Å². The Hall–Kier alpha value is -3.68. The molecule has 1 heterocycles. The molecule has 0 unspecified atom stereocenters. The summed E-state index contributed by atoms with van der Waals surface area (Å²) >= 11 is 0. The highest BCUT2D eigenvalue weighted by Crippen LogP contribution is 2.25. The van der Waals surface area contributed by atoms with Crippen LogP contribution in [0.2, 0.25) is 0 Å². The number of amides is 3. The molecule has 188 valence electrons. The lowest BCUT2D eigenvalue weighted by atomic mass is 10.1. The molecule has 1 fully saturated rings. The first-order valence-corrected chi connectivity index (χ1v) is 12.5. The smallest absolute Gasteiger partial charge is 0.327 e. The van der Waals surface area contributed by atoms with E-state index < -0.39 is 6.04 Å². The number of rotatable bonds is 10. The van der Waals surface area contributed by atoms with Gasteiger partial charge >= 0.3 is 6.03 Å². The summed E-state index contributed by atoms with van der Waals surface area (Å²) in [5, 5.41) is 6.04. The van der Waals surface area contributed by atoms with Crippen LogP contribution >= 0.6 is 0 Å². The monoisotopic (exact) mass is 486 g/mol. The Labute approximate surface area is 213 Å².